The van der Waals surface area contributed by atoms with Gasteiger partial charge in [0.15, 0.2) is 0 Å². The molecule has 120 valence electrons. The fourth-order valence-electron chi connectivity index (χ4n) is 2.36. The number of anilines is 1. The van der Waals surface area contributed by atoms with Gasteiger partial charge in [-0.05, 0) is 29.8 Å². The van der Waals surface area contributed by atoms with Gasteiger partial charge in [0.1, 0.15) is 6.29 Å². The third-order valence-corrected chi connectivity index (χ3v) is 3.81. The Morgan fingerprint density at radius 2 is 1.88 bits per heavy atom. The van der Waals surface area contributed by atoms with Gasteiger partial charge < -0.3 is 5.32 Å². The molecule has 0 aliphatic rings. The zero-order valence-electron chi connectivity index (χ0n) is 12.9. The van der Waals surface area contributed by atoms with Crippen molar-refractivity contribution in [2.75, 3.05) is 18.4 Å². The van der Waals surface area contributed by atoms with E-state index in [2.05, 4.69) is 15.3 Å². The van der Waals surface area contributed by atoms with Gasteiger partial charge in [-0.25, -0.2) is 0 Å². The summed E-state index contributed by atoms with van der Waals surface area (Å²) < 4.78 is 0. The Morgan fingerprint density at radius 1 is 1.08 bits per heavy atom. The standard InChI is InChI=1S/C19H16ClN3O/c20-16-5-6-17-18(7-8-22-19(17)11-16)23-10-9-21-12-14-1-3-15(13-24)4-2-14/h1-8,11-13H,9-10H2,(H,22,23). The summed E-state index contributed by atoms with van der Waals surface area (Å²) in [6.45, 7) is 1.36. The molecular formula is C19H16ClN3O. The lowest BCUT2D eigenvalue weighted by Crippen LogP contribution is -2.05. The number of carbonyl (C=O) groups is 1. The van der Waals surface area contributed by atoms with Crippen LogP contribution in [0.5, 0.6) is 0 Å². The van der Waals surface area contributed by atoms with Crippen molar-refractivity contribution in [3.8, 4) is 0 Å². The van der Waals surface area contributed by atoms with Crippen LogP contribution in [0, 0.1) is 0 Å². The van der Waals surface area contributed by atoms with Crippen LogP contribution >= 0.6 is 11.6 Å². The van der Waals surface area contributed by atoms with E-state index in [1.807, 2.05) is 36.4 Å². The van der Waals surface area contributed by atoms with E-state index in [4.69, 9.17) is 11.6 Å². The van der Waals surface area contributed by atoms with Gasteiger partial charge >= 0.3 is 0 Å². The zero-order valence-corrected chi connectivity index (χ0v) is 13.7. The topological polar surface area (TPSA) is 54.4 Å². The second kappa shape index (κ2) is 7.70. The van der Waals surface area contributed by atoms with Crippen LogP contribution in [0.3, 0.4) is 0 Å². The summed E-state index contributed by atoms with van der Waals surface area (Å²) in [6, 6.07) is 14.9. The second-order valence-electron chi connectivity index (χ2n) is 5.27. The van der Waals surface area contributed by atoms with E-state index < -0.39 is 0 Å². The van der Waals surface area contributed by atoms with Gasteiger partial charge in [-0.1, -0.05) is 35.9 Å². The number of hydrogen-bond acceptors (Lipinski definition) is 4. The lowest BCUT2D eigenvalue weighted by molar-refractivity contribution is 0.112. The van der Waals surface area contributed by atoms with Gasteiger partial charge in [-0.2, -0.15) is 0 Å². The first-order chi connectivity index (χ1) is 11.8. The molecule has 4 nitrogen and oxygen atoms in total. The molecule has 0 atom stereocenters. The van der Waals surface area contributed by atoms with E-state index >= 15 is 0 Å². The minimum atomic E-state index is 0.646. The fourth-order valence-corrected chi connectivity index (χ4v) is 2.53. The Hall–Kier alpha value is -2.72. The van der Waals surface area contributed by atoms with Gasteiger partial charge in [0, 0.05) is 40.6 Å². The Morgan fingerprint density at radius 3 is 2.67 bits per heavy atom. The number of pyridine rings is 1. The molecule has 1 heterocycles. The van der Waals surface area contributed by atoms with Crippen LogP contribution in [0.15, 0.2) is 59.7 Å². The van der Waals surface area contributed by atoms with E-state index in [0.717, 1.165) is 28.4 Å². The molecule has 0 aliphatic carbocycles. The van der Waals surface area contributed by atoms with Crippen LogP contribution in [-0.2, 0) is 0 Å². The molecule has 5 heteroatoms. The van der Waals surface area contributed by atoms with E-state index in [0.29, 0.717) is 23.7 Å². The maximum atomic E-state index is 10.6. The van der Waals surface area contributed by atoms with E-state index in [1.165, 1.54) is 0 Å². The van der Waals surface area contributed by atoms with Gasteiger partial charge in [-0.15, -0.1) is 0 Å². The highest BCUT2D eigenvalue weighted by Crippen LogP contribution is 2.24. The number of carbonyl (C=O) groups excluding carboxylic acids is 1. The first-order valence-corrected chi connectivity index (χ1v) is 7.97. The van der Waals surface area contributed by atoms with Crippen LogP contribution in [-0.4, -0.2) is 30.6 Å². The first kappa shape index (κ1) is 16.1. The molecule has 0 saturated heterocycles. The monoisotopic (exact) mass is 337 g/mol. The van der Waals surface area contributed by atoms with Crippen LogP contribution in [0.25, 0.3) is 10.9 Å². The summed E-state index contributed by atoms with van der Waals surface area (Å²) >= 11 is 6.00. The molecule has 1 N–H and O–H groups in total. The molecule has 3 aromatic rings. The van der Waals surface area contributed by atoms with E-state index in [1.54, 1.807) is 24.5 Å². The van der Waals surface area contributed by atoms with E-state index in [-0.39, 0.29) is 0 Å². The van der Waals surface area contributed by atoms with Crippen molar-refractivity contribution in [3.63, 3.8) is 0 Å². The summed E-state index contributed by atoms with van der Waals surface area (Å²) in [5.41, 5.74) is 3.52. The lowest BCUT2D eigenvalue weighted by Gasteiger charge is -2.08. The van der Waals surface area contributed by atoms with Crippen molar-refractivity contribution in [3.05, 3.63) is 70.9 Å². The second-order valence-corrected chi connectivity index (χ2v) is 5.70. The Bertz CT molecular complexity index is 875. The number of nitrogens with one attached hydrogen (secondary N) is 1. The van der Waals surface area contributed by atoms with E-state index in [9.17, 15) is 4.79 Å². The molecular weight excluding hydrogens is 322 g/mol. The normalized spacial score (nSPS) is 11.0. The van der Waals surface area contributed by atoms with Crippen LogP contribution in [0.4, 0.5) is 5.69 Å². The molecule has 0 saturated carbocycles. The summed E-state index contributed by atoms with van der Waals surface area (Å²) in [5, 5.41) is 5.08. The third-order valence-electron chi connectivity index (χ3n) is 3.57. The summed E-state index contributed by atoms with van der Waals surface area (Å²) in [4.78, 5) is 19.3. The number of nitrogens with zero attached hydrogens (tertiary/aromatic N) is 2. The predicted molar refractivity (Wildman–Crippen MR) is 99.5 cm³/mol. The quantitative estimate of drug-likeness (QED) is 0.416. The number of aldehydes is 1. The SMILES string of the molecule is O=Cc1ccc(C=NCCNc2ccnc3cc(Cl)ccc23)cc1. The van der Waals surface area contributed by atoms with Gasteiger partial charge in [0.2, 0.25) is 0 Å². The molecule has 0 fully saturated rings. The third kappa shape index (κ3) is 3.97. The molecule has 1 aromatic heterocycles. The molecule has 0 bridgehead atoms. The van der Waals surface area contributed by atoms with Crippen LogP contribution < -0.4 is 5.32 Å². The Labute approximate surface area is 145 Å². The average molecular weight is 338 g/mol. The molecule has 0 radical (unpaired) electrons. The van der Waals surface area contributed by atoms with Crippen molar-refractivity contribution in [2.45, 2.75) is 0 Å². The van der Waals surface area contributed by atoms with Crippen molar-refractivity contribution >= 4 is 40.7 Å². The van der Waals surface area contributed by atoms with Crippen LogP contribution in [0.2, 0.25) is 5.02 Å². The Kier molecular flexibility index (Phi) is 5.18. The first-order valence-electron chi connectivity index (χ1n) is 7.59. The highest BCUT2D eigenvalue weighted by Gasteiger charge is 2.01. The number of aliphatic imine (C=N–C) groups is 1. The van der Waals surface area contributed by atoms with Gasteiger partial charge in [0.05, 0.1) is 12.1 Å². The maximum absolute atomic E-state index is 10.6. The van der Waals surface area contributed by atoms with Gasteiger partial charge in [0.25, 0.3) is 0 Å². The number of halogens is 1. The smallest absolute Gasteiger partial charge is 0.150 e. The lowest BCUT2D eigenvalue weighted by atomic mass is 10.2. The average Bonchev–Trinajstić information content (AvgIpc) is 2.61. The zero-order chi connectivity index (χ0) is 16.8. The van der Waals surface area contributed by atoms with Crippen molar-refractivity contribution < 1.29 is 4.79 Å². The van der Waals surface area contributed by atoms with Crippen molar-refractivity contribution in [1.29, 1.82) is 0 Å². The molecule has 0 unspecified atom stereocenters. The molecule has 3 rings (SSSR count). The summed E-state index contributed by atoms with van der Waals surface area (Å²) in [5.74, 6) is 0. The van der Waals surface area contributed by atoms with Crippen molar-refractivity contribution in [2.24, 2.45) is 4.99 Å². The fraction of sp³-hybridized carbons (Fsp3) is 0.105. The number of hydrogen-bond donors (Lipinski definition) is 1. The van der Waals surface area contributed by atoms with Crippen molar-refractivity contribution in [1.82, 2.24) is 4.98 Å². The molecule has 0 aliphatic heterocycles. The summed E-state index contributed by atoms with van der Waals surface area (Å²) in [6.07, 6.45) is 4.40. The number of aromatic nitrogens is 1. The highest BCUT2D eigenvalue weighted by molar-refractivity contribution is 6.31. The molecule has 0 amide bonds. The minimum absolute atomic E-state index is 0.646. The Balaban J connectivity index is 1.58. The largest absolute Gasteiger partial charge is 0.383 e. The summed E-state index contributed by atoms with van der Waals surface area (Å²) in [7, 11) is 0. The highest BCUT2D eigenvalue weighted by atomic mass is 35.5. The van der Waals surface area contributed by atoms with Gasteiger partial charge in [-0.3, -0.25) is 14.8 Å². The van der Waals surface area contributed by atoms with Crippen LogP contribution in [0.1, 0.15) is 15.9 Å². The maximum Gasteiger partial charge on any atom is 0.150 e. The number of fused-ring (bicyclic) bond motifs is 1. The molecule has 24 heavy (non-hydrogen) atoms. The minimum Gasteiger partial charge on any atom is -0.383 e. The number of benzene rings is 2. The number of rotatable bonds is 6. The molecule has 0 spiro atoms. The molecule has 2 aromatic carbocycles. The predicted octanol–water partition coefficient (Wildman–Crippen LogP) is 4.23.